The summed E-state index contributed by atoms with van der Waals surface area (Å²) in [5.41, 5.74) is 0.882. The Hall–Kier alpha value is -1.64. The van der Waals surface area contributed by atoms with E-state index >= 15 is 0 Å². The predicted molar refractivity (Wildman–Crippen MR) is 62.1 cm³/mol. The zero-order valence-corrected chi connectivity index (χ0v) is 9.45. The summed E-state index contributed by atoms with van der Waals surface area (Å²) >= 11 is 0. The van der Waals surface area contributed by atoms with Gasteiger partial charge in [0.25, 0.3) is 0 Å². The molecule has 4 nitrogen and oxygen atoms in total. The second-order valence-electron chi connectivity index (χ2n) is 3.46. The molecule has 0 unspecified atom stereocenters. The van der Waals surface area contributed by atoms with Crippen LogP contribution >= 0.6 is 0 Å². The van der Waals surface area contributed by atoms with E-state index in [1.807, 2.05) is 6.07 Å². The van der Waals surface area contributed by atoms with Crippen molar-refractivity contribution in [3.63, 3.8) is 0 Å². The van der Waals surface area contributed by atoms with Crippen molar-refractivity contribution in [2.75, 3.05) is 31.7 Å². The summed E-state index contributed by atoms with van der Waals surface area (Å²) in [7, 11) is 0. The maximum atomic E-state index is 13.0. The first-order chi connectivity index (χ1) is 8.26. The van der Waals surface area contributed by atoms with Gasteiger partial charge in [-0.1, -0.05) is 0 Å². The molecule has 1 rings (SSSR count). The fourth-order valence-corrected chi connectivity index (χ4v) is 1.33. The van der Waals surface area contributed by atoms with Crippen molar-refractivity contribution in [3.05, 3.63) is 29.6 Å². The average Bonchev–Trinajstić information content (AvgIpc) is 2.33. The lowest BCUT2D eigenvalue weighted by Crippen LogP contribution is -2.07. The smallest absolute Gasteiger partial charge is 0.126 e. The quantitative estimate of drug-likeness (QED) is 0.707. The molecule has 0 fully saturated rings. The van der Waals surface area contributed by atoms with Gasteiger partial charge in [-0.2, -0.15) is 5.26 Å². The molecule has 0 amide bonds. The molecule has 0 saturated heterocycles. The third-order valence-electron chi connectivity index (χ3n) is 2.06. The summed E-state index contributed by atoms with van der Waals surface area (Å²) in [6, 6.07) is 6.02. The lowest BCUT2D eigenvalue weighted by molar-refractivity contribution is 0.0922. The molecule has 0 aliphatic carbocycles. The number of hydrogen-bond acceptors (Lipinski definition) is 4. The summed E-state index contributed by atoms with van der Waals surface area (Å²) in [6.07, 6.45) is 0.748. The van der Waals surface area contributed by atoms with E-state index in [-0.39, 0.29) is 6.61 Å². The summed E-state index contributed by atoms with van der Waals surface area (Å²) in [5.74, 6) is -0.428. The van der Waals surface area contributed by atoms with E-state index in [0.717, 1.165) is 6.42 Å². The Labute approximate surface area is 99.6 Å². The van der Waals surface area contributed by atoms with Gasteiger partial charge in [-0.3, -0.25) is 0 Å². The second-order valence-corrected chi connectivity index (χ2v) is 3.46. The van der Waals surface area contributed by atoms with Gasteiger partial charge in [0, 0.05) is 18.8 Å². The van der Waals surface area contributed by atoms with Crippen LogP contribution < -0.4 is 5.32 Å². The van der Waals surface area contributed by atoms with Crippen molar-refractivity contribution in [3.8, 4) is 6.07 Å². The minimum atomic E-state index is -0.428. The van der Waals surface area contributed by atoms with Gasteiger partial charge in [0.05, 0.1) is 24.8 Å². The Kier molecular flexibility index (Phi) is 6.00. The highest BCUT2D eigenvalue weighted by atomic mass is 19.1. The first-order valence-electron chi connectivity index (χ1n) is 5.39. The third kappa shape index (κ3) is 5.29. The Morgan fingerprint density at radius 1 is 1.35 bits per heavy atom. The maximum absolute atomic E-state index is 13.0. The topological polar surface area (TPSA) is 65.3 Å². The second kappa shape index (κ2) is 7.60. The van der Waals surface area contributed by atoms with E-state index < -0.39 is 5.82 Å². The molecule has 0 saturated carbocycles. The minimum absolute atomic E-state index is 0.0167. The number of rotatable bonds is 7. The number of benzene rings is 1. The molecule has 0 aliphatic heterocycles. The molecular formula is C12H15FN2O2. The molecule has 2 N–H and O–H groups in total. The first kappa shape index (κ1) is 13.4. The molecule has 92 valence electrons. The normalized spacial score (nSPS) is 9.94. The third-order valence-corrected chi connectivity index (χ3v) is 2.06. The molecule has 0 bridgehead atoms. The molecule has 0 aromatic heterocycles. The standard InChI is InChI=1S/C12H15FN2O2/c13-11-6-10(9-14)7-12(8-11)15-2-1-4-17-5-3-16/h6-8,15-16H,1-5H2. The maximum Gasteiger partial charge on any atom is 0.126 e. The number of aliphatic hydroxyl groups is 1. The van der Waals surface area contributed by atoms with Crippen LogP contribution in [0.25, 0.3) is 0 Å². The Morgan fingerprint density at radius 2 is 2.18 bits per heavy atom. The van der Waals surface area contributed by atoms with Crippen LogP contribution in [0, 0.1) is 17.1 Å². The Bertz CT molecular complexity index is 391. The van der Waals surface area contributed by atoms with Gasteiger partial charge >= 0.3 is 0 Å². The van der Waals surface area contributed by atoms with Gasteiger partial charge in [-0.15, -0.1) is 0 Å². The van der Waals surface area contributed by atoms with Crippen LogP contribution in [-0.4, -0.2) is 31.5 Å². The van der Waals surface area contributed by atoms with E-state index in [1.54, 1.807) is 6.07 Å². The number of nitrogens with one attached hydrogen (secondary N) is 1. The highest BCUT2D eigenvalue weighted by molar-refractivity contribution is 5.49. The van der Waals surface area contributed by atoms with Crippen molar-refractivity contribution >= 4 is 5.69 Å². The monoisotopic (exact) mass is 238 g/mol. The highest BCUT2D eigenvalue weighted by Crippen LogP contribution is 2.13. The van der Waals surface area contributed by atoms with E-state index in [1.165, 1.54) is 12.1 Å². The van der Waals surface area contributed by atoms with Crippen LogP contribution in [0.15, 0.2) is 18.2 Å². The lowest BCUT2D eigenvalue weighted by Gasteiger charge is -2.07. The Morgan fingerprint density at radius 3 is 2.88 bits per heavy atom. The summed E-state index contributed by atoms with van der Waals surface area (Å²) in [6.45, 7) is 1.51. The van der Waals surface area contributed by atoms with Crippen molar-refractivity contribution in [1.29, 1.82) is 5.26 Å². The van der Waals surface area contributed by atoms with Crippen LogP contribution in [-0.2, 0) is 4.74 Å². The molecular weight excluding hydrogens is 223 g/mol. The van der Waals surface area contributed by atoms with Crippen molar-refractivity contribution in [2.24, 2.45) is 0 Å². The molecule has 0 spiro atoms. The van der Waals surface area contributed by atoms with Crippen LogP contribution in [0.2, 0.25) is 0 Å². The molecule has 1 aromatic carbocycles. The molecule has 5 heteroatoms. The van der Waals surface area contributed by atoms with Crippen LogP contribution in [0.3, 0.4) is 0 Å². The number of halogens is 1. The lowest BCUT2D eigenvalue weighted by atomic mass is 10.2. The van der Waals surface area contributed by atoms with Crippen LogP contribution in [0.1, 0.15) is 12.0 Å². The molecule has 0 atom stereocenters. The minimum Gasteiger partial charge on any atom is -0.394 e. The fraction of sp³-hybridized carbons (Fsp3) is 0.417. The highest BCUT2D eigenvalue weighted by Gasteiger charge is 1.99. The number of nitriles is 1. The van der Waals surface area contributed by atoms with Gasteiger partial charge in [0.2, 0.25) is 0 Å². The van der Waals surface area contributed by atoms with E-state index in [9.17, 15) is 4.39 Å². The average molecular weight is 238 g/mol. The fourth-order valence-electron chi connectivity index (χ4n) is 1.33. The SMILES string of the molecule is N#Cc1cc(F)cc(NCCCOCCO)c1. The van der Waals surface area contributed by atoms with Crippen LogP contribution in [0.5, 0.6) is 0 Å². The predicted octanol–water partition coefficient (Wildman–Crippen LogP) is 1.51. The first-order valence-corrected chi connectivity index (χ1v) is 5.39. The Balaban J connectivity index is 2.32. The molecule has 0 heterocycles. The number of aliphatic hydroxyl groups excluding tert-OH is 1. The number of hydrogen-bond donors (Lipinski definition) is 2. The molecule has 17 heavy (non-hydrogen) atoms. The number of ether oxygens (including phenoxy) is 1. The van der Waals surface area contributed by atoms with Crippen molar-refractivity contribution in [1.82, 2.24) is 0 Å². The number of nitrogens with zero attached hydrogens (tertiary/aromatic N) is 1. The van der Waals surface area contributed by atoms with Gasteiger partial charge in [0.1, 0.15) is 5.82 Å². The van der Waals surface area contributed by atoms with Gasteiger partial charge in [-0.25, -0.2) is 4.39 Å². The van der Waals surface area contributed by atoms with Gasteiger partial charge in [-0.05, 0) is 24.6 Å². The largest absolute Gasteiger partial charge is 0.394 e. The van der Waals surface area contributed by atoms with Gasteiger partial charge < -0.3 is 15.2 Å². The molecule has 0 radical (unpaired) electrons. The van der Waals surface area contributed by atoms with Crippen LogP contribution in [0.4, 0.5) is 10.1 Å². The summed E-state index contributed by atoms with van der Waals surface area (Å²) in [5, 5.41) is 20.1. The zero-order valence-electron chi connectivity index (χ0n) is 9.45. The van der Waals surface area contributed by atoms with Crippen molar-refractivity contribution in [2.45, 2.75) is 6.42 Å². The van der Waals surface area contributed by atoms with E-state index in [2.05, 4.69) is 5.32 Å². The van der Waals surface area contributed by atoms with Gasteiger partial charge in [0.15, 0.2) is 0 Å². The summed E-state index contributed by atoms with van der Waals surface area (Å²) in [4.78, 5) is 0. The van der Waals surface area contributed by atoms with E-state index in [0.29, 0.717) is 31.0 Å². The number of anilines is 1. The summed E-state index contributed by atoms with van der Waals surface area (Å²) < 4.78 is 18.1. The van der Waals surface area contributed by atoms with E-state index in [4.69, 9.17) is 15.1 Å². The molecule has 0 aliphatic rings. The zero-order chi connectivity index (χ0) is 12.5. The van der Waals surface area contributed by atoms with Crippen molar-refractivity contribution < 1.29 is 14.2 Å². The molecule has 1 aromatic rings.